The van der Waals surface area contributed by atoms with E-state index in [4.69, 9.17) is 5.73 Å². The van der Waals surface area contributed by atoms with Crippen LogP contribution in [0.2, 0.25) is 0 Å². The molecule has 0 saturated heterocycles. The van der Waals surface area contributed by atoms with Gasteiger partial charge in [-0.3, -0.25) is 9.59 Å². The SMILES string of the molecule is Cc1ccc(C(N)C(=O)N(C)CC(=O)NC(C)(C)C)cc1. The molecule has 0 fully saturated rings. The van der Waals surface area contributed by atoms with E-state index < -0.39 is 6.04 Å². The van der Waals surface area contributed by atoms with Gasteiger partial charge in [0, 0.05) is 12.6 Å². The summed E-state index contributed by atoms with van der Waals surface area (Å²) in [5.74, 6) is -0.475. The molecule has 0 bridgehead atoms. The number of nitrogens with one attached hydrogen (secondary N) is 1. The van der Waals surface area contributed by atoms with E-state index in [-0.39, 0.29) is 23.9 Å². The van der Waals surface area contributed by atoms with Crippen LogP contribution in [0.5, 0.6) is 0 Å². The number of nitrogens with zero attached hydrogens (tertiary/aromatic N) is 1. The summed E-state index contributed by atoms with van der Waals surface area (Å²) < 4.78 is 0. The van der Waals surface area contributed by atoms with Gasteiger partial charge >= 0.3 is 0 Å². The topological polar surface area (TPSA) is 75.4 Å². The first-order valence-electron chi connectivity index (χ1n) is 6.98. The van der Waals surface area contributed by atoms with Crippen molar-refractivity contribution in [2.45, 2.75) is 39.3 Å². The molecule has 2 amide bonds. The van der Waals surface area contributed by atoms with Gasteiger partial charge in [-0.15, -0.1) is 0 Å². The van der Waals surface area contributed by atoms with Gasteiger partial charge in [-0.2, -0.15) is 0 Å². The first-order chi connectivity index (χ1) is 9.60. The zero-order chi connectivity index (χ0) is 16.2. The summed E-state index contributed by atoms with van der Waals surface area (Å²) in [6.45, 7) is 7.65. The van der Waals surface area contributed by atoms with E-state index in [9.17, 15) is 9.59 Å². The Morgan fingerprint density at radius 1 is 1.24 bits per heavy atom. The van der Waals surface area contributed by atoms with Gasteiger partial charge in [0.25, 0.3) is 0 Å². The van der Waals surface area contributed by atoms with Gasteiger partial charge in [0.1, 0.15) is 6.04 Å². The van der Waals surface area contributed by atoms with Crippen LogP contribution >= 0.6 is 0 Å². The normalized spacial score (nSPS) is 12.7. The van der Waals surface area contributed by atoms with Crippen LogP contribution in [0.3, 0.4) is 0 Å². The van der Waals surface area contributed by atoms with Gasteiger partial charge in [-0.1, -0.05) is 29.8 Å². The number of hydrogen-bond acceptors (Lipinski definition) is 3. The Hall–Kier alpha value is -1.88. The van der Waals surface area contributed by atoms with Crippen molar-refractivity contribution < 1.29 is 9.59 Å². The van der Waals surface area contributed by atoms with Gasteiger partial charge in [-0.25, -0.2) is 0 Å². The number of carbonyl (C=O) groups is 2. The van der Waals surface area contributed by atoms with Crippen molar-refractivity contribution in [1.29, 1.82) is 0 Å². The molecule has 3 N–H and O–H groups in total. The number of carbonyl (C=O) groups excluding carboxylic acids is 2. The molecule has 5 heteroatoms. The van der Waals surface area contributed by atoms with Crippen molar-refractivity contribution in [3.8, 4) is 0 Å². The van der Waals surface area contributed by atoms with Gasteiger partial charge in [0.2, 0.25) is 11.8 Å². The Morgan fingerprint density at radius 2 is 1.76 bits per heavy atom. The zero-order valence-corrected chi connectivity index (χ0v) is 13.4. The first kappa shape index (κ1) is 17.2. The fourth-order valence-corrected chi connectivity index (χ4v) is 1.90. The maximum absolute atomic E-state index is 12.3. The molecule has 0 aliphatic heterocycles. The Labute approximate surface area is 126 Å². The Bertz CT molecular complexity index is 503. The number of amides is 2. The molecule has 0 radical (unpaired) electrons. The minimum atomic E-state index is -0.752. The van der Waals surface area contributed by atoms with Crippen molar-refractivity contribution in [2.75, 3.05) is 13.6 Å². The Kier molecular flexibility index (Phi) is 5.49. The number of likely N-dealkylation sites (N-methyl/N-ethyl adjacent to an activating group) is 1. The molecule has 0 aromatic heterocycles. The molecule has 1 aromatic rings. The third kappa shape index (κ3) is 5.55. The Morgan fingerprint density at radius 3 is 2.24 bits per heavy atom. The van der Waals surface area contributed by atoms with Crippen LogP contribution in [0.15, 0.2) is 24.3 Å². The minimum absolute atomic E-state index is 0.00430. The molecule has 1 rings (SSSR count). The number of benzene rings is 1. The fourth-order valence-electron chi connectivity index (χ4n) is 1.90. The maximum atomic E-state index is 12.3. The molecule has 1 aromatic carbocycles. The molecular formula is C16H25N3O2. The molecule has 0 spiro atoms. The van der Waals surface area contributed by atoms with Crippen LogP contribution in [0.4, 0.5) is 0 Å². The fraction of sp³-hybridized carbons (Fsp3) is 0.500. The highest BCUT2D eigenvalue weighted by atomic mass is 16.2. The molecular weight excluding hydrogens is 266 g/mol. The van der Waals surface area contributed by atoms with Crippen LogP contribution in [-0.4, -0.2) is 35.8 Å². The molecule has 5 nitrogen and oxygen atoms in total. The summed E-state index contributed by atoms with van der Waals surface area (Å²) in [7, 11) is 1.58. The molecule has 116 valence electrons. The third-order valence-electron chi connectivity index (χ3n) is 2.97. The largest absolute Gasteiger partial charge is 0.350 e. The van der Waals surface area contributed by atoms with E-state index in [1.165, 1.54) is 4.90 Å². The van der Waals surface area contributed by atoms with Crippen molar-refractivity contribution in [3.05, 3.63) is 35.4 Å². The van der Waals surface area contributed by atoms with E-state index in [2.05, 4.69) is 5.32 Å². The summed E-state index contributed by atoms with van der Waals surface area (Å²) in [4.78, 5) is 25.4. The maximum Gasteiger partial charge on any atom is 0.244 e. The van der Waals surface area contributed by atoms with Gasteiger partial charge in [-0.05, 0) is 33.3 Å². The first-order valence-corrected chi connectivity index (χ1v) is 6.98. The third-order valence-corrected chi connectivity index (χ3v) is 2.97. The van der Waals surface area contributed by atoms with Crippen molar-refractivity contribution in [3.63, 3.8) is 0 Å². The molecule has 1 atom stereocenters. The summed E-state index contributed by atoms with van der Waals surface area (Å²) >= 11 is 0. The average Bonchev–Trinajstić information content (AvgIpc) is 2.35. The number of nitrogens with two attached hydrogens (primary N) is 1. The van der Waals surface area contributed by atoms with E-state index in [1.54, 1.807) is 7.05 Å². The lowest BCUT2D eigenvalue weighted by Gasteiger charge is -2.25. The minimum Gasteiger partial charge on any atom is -0.350 e. The van der Waals surface area contributed by atoms with Crippen LogP contribution in [0.25, 0.3) is 0 Å². The summed E-state index contributed by atoms with van der Waals surface area (Å²) in [6, 6.07) is 6.74. The van der Waals surface area contributed by atoms with Crippen LogP contribution in [0, 0.1) is 6.92 Å². The van der Waals surface area contributed by atoms with E-state index in [0.29, 0.717) is 0 Å². The standard InChI is InChI=1S/C16H25N3O2/c1-11-6-8-12(9-7-11)14(17)15(21)19(5)10-13(20)18-16(2,3)4/h6-9,14H,10,17H2,1-5H3,(H,18,20). The molecule has 0 saturated carbocycles. The molecule has 21 heavy (non-hydrogen) atoms. The number of hydrogen-bond donors (Lipinski definition) is 2. The lowest BCUT2D eigenvalue weighted by Crippen LogP contribution is -2.47. The zero-order valence-electron chi connectivity index (χ0n) is 13.4. The lowest BCUT2D eigenvalue weighted by molar-refractivity contribution is -0.136. The highest BCUT2D eigenvalue weighted by molar-refractivity contribution is 5.88. The van der Waals surface area contributed by atoms with E-state index in [1.807, 2.05) is 52.0 Å². The van der Waals surface area contributed by atoms with Crippen molar-refractivity contribution in [2.24, 2.45) is 5.73 Å². The van der Waals surface area contributed by atoms with Crippen molar-refractivity contribution >= 4 is 11.8 Å². The van der Waals surface area contributed by atoms with Gasteiger partial charge in [0.15, 0.2) is 0 Å². The van der Waals surface area contributed by atoms with Crippen LogP contribution in [0.1, 0.15) is 37.9 Å². The van der Waals surface area contributed by atoms with E-state index >= 15 is 0 Å². The predicted octanol–water partition coefficient (Wildman–Crippen LogP) is 1.37. The molecule has 1 unspecified atom stereocenters. The number of aryl methyl sites for hydroxylation is 1. The second-order valence-electron chi connectivity index (χ2n) is 6.38. The number of rotatable bonds is 4. The van der Waals surface area contributed by atoms with Crippen LogP contribution < -0.4 is 11.1 Å². The smallest absolute Gasteiger partial charge is 0.244 e. The predicted molar refractivity (Wildman–Crippen MR) is 83.6 cm³/mol. The summed E-state index contributed by atoms with van der Waals surface area (Å²) in [5.41, 5.74) is 7.50. The quantitative estimate of drug-likeness (QED) is 0.879. The van der Waals surface area contributed by atoms with Crippen molar-refractivity contribution in [1.82, 2.24) is 10.2 Å². The highest BCUT2D eigenvalue weighted by Gasteiger charge is 2.22. The average molecular weight is 291 g/mol. The van der Waals surface area contributed by atoms with E-state index in [0.717, 1.165) is 11.1 Å². The van der Waals surface area contributed by atoms with Crippen LogP contribution in [-0.2, 0) is 9.59 Å². The van der Waals surface area contributed by atoms with Gasteiger partial charge in [0.05, 0.1) is 6.54 Å². The molecule has 0 aliphatic rings. The second kappa shape index (κ2) is 6.72. The lowest BCUT2D eigenvalue weighted by atomic mass is 10.0. The summed E-state index contributed by atoms with van der Waals surface area (Å²) in [6.07, 6.45) is 0. The second-order valence-corrected chi connectivity index (χ2v) is 6.38. The highest BCUT2D eigenvalue weighted by Crippen LogP contribution is 2.13. The Balaban J connectivity index is 2.65. The van der Waals surface area contributed by atoms with Gasteiger partial charge < -0.3 is 16.0 Å². The monoisotopic (exact) mass is 291 g/mol. The molecule has 0 heterocycles. The summed E-state index contributed by atoms with van der Waals surface area (Å²) in [5, 5.41) is 2.82. The molecule has 0 aliphatic carbocycles.